The third-order valence-electron chi connectivity index (χ3n) is 5.09. The van der Waals surface area contributed by atoms with Crippen molar-refractivity contribution >= 4 is 5.91 Å². The van der Waals surface area contributed by atoms with Crippen LogP contribution in [-0.2, 0) is 4.79 Å². The third kappa shape index (κ3) is 6.40. The van der Waals surface area contributed by atoms with Crippen LogP contribution in [-0.4, -0.2) is 44.0 Å². The highest BCUT2D eigenvalue weighted by Crippen LogP contribution is 2.23. The van der Waals surface area contributed by atoms with E-state index >= 15 is 0 Å². The van der Waals surface area contributed by atoms with E-state index in [-0.39, 0.29) is 23.7 Å². The molecule has 1 unspecified atom stereocenters. The van der Waals surface area contributed by atoms with Crippen LogP contribution in [0.3, 0.4) is 0 Å². The lowest BCUT2D eigenvalue weighted by atomic mass is 9.93. The van der Waals surface area contributed by atoms with Gasteiger partial charge in [0.25, 0.3) is 0 Å². The van der Waals surface area contributed by atoms with Crippen molar-refractivity contribution in [3.05, 3.63) is 35.6 Å². The first-order valence-corrected chi connectivity index (χ1v) is 9.41. The summed E-state index contributed by atoms with van der Waals surface area (Å²) in [7, 11) is 1.99. The maximum Gasteiger partial charge on any atom is 0.234 e. The Morgan fingerprint density at radius 3 is 2.44 bits per heavy atom. The number of hydrogen-bond donors (Lipinski definition) is 2. The average Bonchev–Trinajstić information content (AvgIpc) is 2.60. The number of likely N-dealkylation sites (tertiary alicyclic amines) is 1. The van der Waals surface area contributed by atoms with Crippen molar-refractivity contribution in [2.75, 3.05) is 33.2 Å². The zero-order valence-electron chi connectivity index (χ0n) is 15.7. The molecule has 0 bridgehead atoms. The molecule has 0 saturated carbocycles. The van der Waals surface area contributed by atoms with Gasteiger partial charge in [-0.3, -0.25) is 9.69 Å². The standard InChI is InChI=1S/C20H32FN3O/c1-15(2)20(17-4-6-18(21)7-5-17)23-19(25)14-24-12-9-16(10-13-24)8-11-22-3/h4-7,15-16,20,22H,8-14H2,1-3H3,(H,23,25). The molecular weight excluding hydrogens is 317 g/mol. The second-order valence-corrected chi connectivity index (χ2v) is 7.45. The van der Waals surface area contributed by atoms with E-state index in [4.69, 9.17) is 0 Å². The lowest BCUT2D eigenvalue weighted by Crippen LogP contribution is -2.43. The molecular formula is C20H32FN3O. The van der Waals surface area contributed by atoms with E-state index in [1.165, 1.54) is 31.4 Å². The molecule has 2 N–H and O–H groups in total. The maximum atomic E-state index is 13.1. The van der Waals surface area contributed by atoms with Crippen LogP contribution in [0.15, 0.2) is 24.3 Å². The van der Waals surface area contributed by atoms with Crippen LogP contribution < -0.4 is 10.6 Å². The fraction of sp³-hybridized carbons (Fsp3) is 0.650. The van der Waals surface area contributed by atoms with Gasteiger partial charge in [0, 0.05) is 0 Å². The highest BCUT2D eigenvalue weighted by Gasteiger charge is 2.23. The van der Waals surface area contributed by atoms with Gasteiger partial charge in [0.05, 0.1) is 12.6 Å². The first kappa shape index (κ1) is 19.9. The summed E-state index contributed by atoms with van der Waals surface area (Å²) in [6.45, 7) is 7.64. The van der Waals surface area contributed by atoms with Crippen molar-refractivity contribution in [1.82, 2.24) is 15.5 Å². The van der Waals surface area contributed by atoms with Crippen molar-refractivity contribution in [2.24, 2.45) is 11.8 Å². The van der Waals surface area contributed by atoms with E-state index in [0.717, 1.165) is 31.1 Å². The molecule has 1 atom stereocenters. The predicted molar refractivity (Wildman–Crippen MR) is 99.8 cm³/mol. The summed E-state index contributed by atoms with van der Waals surface area (Å²) in [5.41, 5.74) is 0.954. The van der Waals surface area contributed by atoms with E-state index in [1.54, 1.807) is 12.1 Å². The van der Waals surface area contributed by atoms with Crippen LogP contribution in [0.25, 0.3) is 0 Å². The fourth-order valence-corrected chi connectivity index (χ4v) is 3.51. The van der Waals surface area contributed by atoms with E-state index in [1.807, 2.05) is 7.05 Å². The zero-order valence-corrected chi connectivity index (χ0v) is 15.7. The number of nitrogens with zero attached hydrogens (tertiary/aromatic N) is 1. The van der Waals surface area contributed by atoms with Crippen LogP contribution in [0.4, 0.5) is 4.39 Å². The fourth-order valence-electron chi connectivity index (χ4n) is 3.51. The molecule has 140 valence electrons. The number of halogens is 1. The second kappa shape index (κ2) is 9.88. The van der Waals surface area contributed by atoms with Gasteiger partial charge in [0.2, 0.25) is 5.91 Å². The van der Waals surface area contributed by atoms with Gasteiger partial charge in [-0.1, -0.05) is 26.0 Å². The van der Waals surface area contributed by atoms with Crippen LogP contribution in [0.1, 0.15) is 44.7 Å². The summed E-state index contributed by atoms with van der Waals surface area (Å²) in [6.07, 6.45) is 3.55. The summed E-state index contributed by atoms with van der Waals surface area (Å²) in [5.74, 6) is 0.825. The first-order chi connectivity index (χ1) is 12.0. The Kier molecular flexibility index (Phi) is 7.85. The van der Waals surface area contributed by atoms with Crippen LogP contribution in [0, 0.1) is 17.7 Å². The molecule has 0 aromatic heterocycles. The molecule has 0 spiro atoms. The van der Waals surface area contributed by atoms with Gasteiger partial charge in [-0.25, -0.2) is 4.39 Å². The zero-order chi connectivity index (χ0) is 18.2. The van der Waals surface area contributed by atoms with Crippen LogP contribution >= 0.6 is 0 Å². The molecule has 1 aliphatic rings. The highest BCUT2D eigenvalue weighted by molar-refractivity contribution is 5.78. The molecule has 2 rings (SSSR count). The molecule has 1 aromatic rings. The van der Waals surface area contributed by atoms with E-state index in [9.17, 15) is 9.18 Å². The number of carbonyl (C=O) groups is 1. The molecule has 25 heavy (non-hydrogen) atoms. The molecule has 0 aliphatic carbocycles. The van der Waals surface area contributed by atoms with Gasteiger partial charge in [0.1, 0.15) is 5.82 Å². The third-order valence-corrected chi connectivity index (χ3v) is 5.09. The highest BCUT2D eigenvalue weighted by atomic mass is 19.1. The number of carbonyl (C=O) groups excluding carboxylic acids is 1. The number of hydrogen-bond acceptors (Lipinski definition) is 3. The molecule has 0 radical (unpaired) electrons. The Labute approximate surface area is 151 Å². The van der Waals surface area contributed by atoms with Crippen molar-refractivity contribution in [3.8, 4) is 0 Å². The molecule has 1 aromatic carbocycles. The lowest BCUT2D eigenvalue weighted by Gasteiger charge is -2.32. The molecule has 1 aliphatic heterocycles. The minimum atomic E-state index is -0.251. The van der Waals surface area contributed by atoms with Crippen LogP contribution in [0.5, 0.6) is 0 Å². The minimum absolute atomic E-state index is 0.0525. The van der Waals surface area contributed by atoms with E-state index in [2.05, 4.69) is 29.4 Å². The minimum Gasteiger partial charge on any atom is -0.348 e. The number of rotatable bonds is 8. The number of piperidine rings is 1. The smallest absolute Gasteiger partial charge is 0.234 e. The lowest BCUT2D eigenvalue weighted by molar-refractivity contribution is -0.123. The normalized spacial score (nSPS) is 17.6. The molecule has 5 heteroatoms. The van der Waals surface area contributed by atoms with E-state index in [0.29, 0.717) is 6.54 Å². The molecule has 1 saturated heterocycles. The van der Waals surface area contributed by atoms with Crippen molar-refractivity contribution in [3.63, 3.8) is 0 Å². The van der Waals surface area contributed by atoms with Gasteiger partial charge in [-0.05, 0) is 75.5 Å². The Bertz CT molecular complexity index is 524. The Morgan fingerprint density at radius 2 is 1.88 bits per heavy atom. The molecule has 1 heterocycles. The van der Waals surface area contributed by atoms with E-state index < -0.39 is 0 Å². The number of amides is 1. The number of benzene rings is 1. The Morgan fingerprint density at radius 1 is 1.24 bits per heavy atom. The average molecular weight is 349 g/mol. The largest absolute Gasteiger partial charge is 0.348 e. The SMILES string of the molecule is CNCCC1CCN(CC(=O)NC(c2ccc(F)cc2)C(C)C)CC1. The topological polar surface area (TPSA) is 44.4 Å². The van der Waals surface area contributed by atoms with Gasteiger partial charge in [-0.15, -0.1) is 0 Å². The van der Waals surface area contributed by atoms with Gasteiger partial charge in [0.15, 0.2) is 0 Å². The predicted octanol–water partition coefficient (Wildman–Crippen LogP) is 2.96. The Balaban J connectivity index is 1.83. The summed E-state index contributed by atoms with van der Waals surface area (Å²) < 4.78 is 13.1. The maximum absolute atomic E-state index is 13.1. The van der Waals surface area contributed by atoms with Crippen molar-refractivity contribution in [2.45, 2.75) is 39.2 Å². The second-order valence-electron chi connectivity index (χ2n) is 7.45. The molecule has 1 amide bonds. The van der Waals surface area contributed by atoms with Gasteiger partial charge < -0.3 is 10.6 Å². The summed E-state index contributed by atoms with van der Waals surface area (Å²) in [6, 6.07) is 6.34. The molecule has 1 fully saturated rings. The van der Waals surface area contributed by atoms with Crippen LogP contribution in [0.2, 0.25) is 0 Å². The van der Waals surface area contributed by atoms with Gasteiger partial charge >= 0.3 is 0 Å². The quantitative estimate of drug-likeness (QED) is 0.758. The number of nitrogens with one attached hydrogen (secondary N) is 2. The Hall–Kier alpha value is -1.46. The summed E-state index contributed by atoms with van der Waals surface area (Å²) in [5, 5.41) is 6.34. The summed E-state index contributed by atoms with van der Waals surface area (Å²) in [4.78, 5) is 14.7. The molecule has 4 nitrogen and oxygen atoms in total. The van der Waals surface area contributed by atoms with Gasteiger partial charge in [-0.2, -0.15) is 0 Å². The first-order valence-electron chi connectivity index (χ1n) is 9.41. The van der Waals surface area contributed by atoms with Crippen molar-refractivity contribution < 1.29 is 9.18 Å². The summed E-state index contributed by atoms with van der Waals surface area (Å²) >= 11 is 0. The monoisotopic (exact) mass is 349 g/mol. The van der Waals surface area contributed by atoms with Crippen molar-refractivity contribution in [1.29, 1.82) is 0 Å².